The van der Waals surface area contributed by atoms with Crippen LogP contribution in [0.15, 0.2) is 23.3 Å². The number of hydrazine groups is 1. The fraction of sp³-hybridized carbons (Fsp3) is 0.600. The van der Waals surface area contributed by atoms with Crippen LogP contribution in [0.2, 0.25) is 0 Å². The Morgan fingerprint density at radius 2 is 1.33 bits per heavy atom. The van der Waals surface area contributed by atoms with Gasteiger partial charge >= 0.3 is 0 Å². The second-order valence-electron chi connectivity index (χ2n) is 3.67. The fourth-order valence-electron chi connectivity index (χ4n) is 1.84. The highest BCUT2D eigenvalue weighted by Gasteiger charge is 2.20. The number of hydrogen-bond donors (Lipinski definition) is 0. The molecule has 1 aliphatic carbocycles. The molecule has 1 fully saturated rings. The van der Waals surface area contributed by atoms with Crippen LogP contribution in [0.3, 0.4) is 0 Å². The summed E-state index contributed by atoms with van der Waals surface area (Å²) in [7, 11) is 4.29. The Kier molecular flexibility index (Phi) is 2.03. The fourth-order valence-corrected chi connectivity index (χ4v) is 1.84. The molecule has 1 aliphatic heterocycles. The van der Waals surface area contributed by atoms with Gasteiger partial charge in [-0.15, -0.1) is 0 Å². The second-order valence-corrected chi connectivity index (χ2v) is 3.67. The lowest BCUT2D eigenvalue weighted by Crippen LogP contribution is -2.44. The van der Waals surface area contributed by atoms with E-state index in [9.17, 15) is 0 Å². The Morgan fingerprint density at radius 3 is 1.75 bits per heavy atom. The van der Waals surface area contributed by atoms with E-state index in [1.54, 1.807) is 11.1 Å². The SMILES string of the molecule is CN1CC2=CCCC=C2CN1C. The van der Waals surface area contributed by atoms with Gasteiger partial charge in [0.2, 0.25) is 0 Å². The molecule has 0 radical (unpaired) electrons. The van der Waals surface area contributed by atoms with Gasteiger partial charge in [-0.1, -0.05) is 12.2 Å². The third kappa shape index (κ3) is 1.32. The van der Waals surface area contributed by atoms with Crippen molar-refractivity contribution in [2.24, 2.45) is 0 Å². The molecule has 2 aliphatic rings. The van der Waals surface area contributed by atoms with Crippen LogP contribution >= 0.6 is 0 Å². The number of hydrogen-bond acceptors (Lipinski definition) is 2. The minimum Gasteiger partial charge on any atom is -0.240 e. The molecule has 1 heterocycles. The number of nitrogens with zero attached hydrogens (tertiary/aromatic N) is 2. The van der Waals surface area contributed by atoms with E-state index in [-0.39, 0.29) is 0 Å². The molecule has 0 atom stereocenters. The van der Waals surface area contributed by atoms with Gasteiger partial charge < -0.3 is 0 Å². The molecule has 0 spiro atoms. The molecule has 0 aromatic heterocycles. The Hall–Kier alpha value is -0.600. The van der Waals surface area contributed by atoms with E-state index in [0.29, 0.717) is 0 Å². The van der Waals surface area contributed by atoms with Crippen molar-refractivity contribution in [1.29, 1.82) is 0 Å². The standard InChI is InChI=1S/C10H16N2/c1-11-7-9-5-3-4-6-10(9)8-12(11)2/h5-6H,3-4,7-8H2,1-2H3. The molecular formula is C10H16N2. The summed E-state index contributed by atoms with van der Waals surface area (Å²) >= 11 is 0. The summed E-state index contributed by atoms with van der Waals surface area (Å²) in [5.74, 6) is 0. The molecule has 2 rings (SSSR count). The maximum absolute atomic E-state index is 2.39. The van der Waals surface area contributed by atoms with E-state index in [0.717, 1.165) is 13.1 Å². The van der Waals surface area contributed by atoms with Crippen LogP contribution in [0.1, 0.15) is 12.8 Å². The minimum atomic E-state index is 1.09. The highest BCUT2D eigenvalue weighted by Crippen LogP contribution is 2.24. The number of rotatable bonds is 0. The van der Waals surface area contributed by atoms with Gasteiger partial charge in [-0.25, -0.2) is 10.0 Å². The molecule has 66 valence electrons. The van der Waals surface area contributed by atoms with Crippen LogP contribution < -0.4 is 0 Å². The van der Waals surface area contributed by atoms with Crippen LogP contribution in [0.25, 0.3) is 0 Å². The highest BCUT2D eigenvalue weighted by molar-refractivity contribution is 5.37. The molecule has 0 saturated carbocycles. The van der Waals surface area contributed by atoms with Crippen LogP contribution in [0.4, 0.5) is 0 Å². The lowest BCUT2D eigenvalue weighted by Gasteiger charge is -2.37. The first kappa shape index (κ1) is 8.02. The zero-order valence-electron chi connectivity index (χ0n) is 7.88. The van der Waals surface area contributed by atoms with Gasteiger partial charge in [0, 0.05) is 27.2 Å². The highest BCUT2D eigenvalue weighted by atomic mass is 15.6. The maximum atomic E-state index is 2.39. The normalized spacial score (nSPS) is 26.2. The predicted octanol–water partition coefficient (Wildman–Crippen LogP) is 1.43. The van der Waals surface area contributed by atoms with Crippen molar-refractivity contribution in [2.75, 3.05) is 27.2 Å². The minimum absolute atomic E-state index is 1.09. The van der Waals surface area contributed by atoms with E-state index < -0.39 is 0 Å². The summed E-state index contributed by atoms with van der Waals surface area (Å²) in [6, 6.07) is 0. The van der Waals surface area contributed by atoms with Gasteiger partial charge in [0.25, 0.3) is 0 Å². The molecule has 12 heavy (non-hydrogen) atoms. The Labute approximate surface area is 74.1 Å². The largest absolute Gasteiger partial charge is 0.240 e. The quantitative estimate of drug-likeness (QED) is 0.534. The monoisotopic (exact) mass is 164 g/mol. The van der Waals surface area contributed by atoms with E-state index in [1.165, 1.54) is 12.8 Å². The van der Waals surface area contributed by atoms with Crippen LogP contribution in [-0.2, 0) is 0 Å². The van der Waals surface area contributed by atoms with Crippen molar-refractivity contribution < 1.29 is 0 Å². The van der Waals surface area contributed by atoms with Crippen molar-refractivity contribution in [3.8, 4) is 0 Å². The number of likely N-dealkylation sites (N-methyl/N-ethyl adjacent to an activating group) is 2. The van der Waals surface area contributed by atoms with E-state index in [1.807, 2.05) is 0 Å². The number of fused-ring (bicyclic) bond motifs is 1. The molecular weight excluding hydrogens is 148 g/mol. The van der Waals surface area contributed by atoms with Crippen molar-refractivity contribution in [3.63, 3.8) is 0 Å². The zero-order chi connectivity index (χ0) is 8.55. The average molecular weight is 164 g/mol. The lowest BCUT2D eigenvalue weighted by atomic mass is 9.96. The molecule has 0 aromatic rings. The maximum Gasteiger partial charge on any atom is 0.0380 e. The Bertz CT molecular complexity index is 214. The summed E-state index contributed by atoms with van der Waals surface area (Å²) in [6.45, 7) is 2.17. The predicted molar refractivity (Wildman–Crippen MR) is 50.7 cm³/mol. The topological polar surface area (TPSA) is 6.48 Å². The zero-order valence-corrected chi connectivity index (χ0v) is 7.88. The molecule has 0 N–H and O–H groups in total. The molecule has 2 nitrogen and oxygen atoms in total. The molecule has 1 saturated heterocycles. The van der Waals surface area contributed by atoms with E-state index in [4.69, 9.17) is 0 Å². The first-order valence-corrected chi connectivity index (χ1v) is 4.58. The first-order valence-electron chi connectivity index (χ1n) is 4.58. The van der Waals surface area contributed by atoms with Crippen LogP contribution in [0, 0.1) is 0 Å². The summed E-state index contributed by atoms with van der Waals surface area (Å²) in [5.41, 5.74) is 3.09. The third-order valence-corrected chi connectivity index (χ3v) is 2.74. The molecule has 0 unspecified atom stereocenters. The van der Waals surface area contributed by atoms with Gasteiger partial charge in [-0.3, -0.25) is 0 Å². The van der Waals surface area contributed by atoms with Gasteiger partial charge in [-0.2, -0.15) is 0 Å². The van der Waals surface area contributed by atoms with Gasteiger partial charge in [0.05, 0.1) is 0 Å². The number of allylic oxidation sites excluding steroid dienone is 2. The molecule has 0 amide bonds. The first-order chi connectivity index (χ1) is 5.77. The van der Waals surface area contributed by atoms with Gasteiger partial charge in [0.15, 0.2) is 0 Å². The van der Waals surface area contributed by atoms with Crippen molar-refractivity contribution in [3.05, 3.63) is 23.3 Å². The van der Waals surface area contributed by atoms with Crippen molar-refractivity contribution >= 4 is 0 Å². The van der Waals surface area contributed by atoms with Gasteiger partial charge in [0.1, 0.15) is 0 Å². The van der Waals surface area contributed by atoms with Crippen molar-refractivity contribution in [2.45, 2.75) is 12.8 Å². The average Bonchev–Trinajstić information content (AvgIpc) is 2.07. The molecule has 0 aromatic carbocycles. The Morgan fingerprint density at radius 1 is 0.917 bits per heavy atom. The van der Waals surface area contributed by atoms with Crippen LogP contribution in [-0.4, -0.2) is 37.2 Å². The Balaban J connectivity index is 2.18. The van der Waals surface area contributed by atoms with Crippen molar-refractivity contribution in [1.82, 2.24) is 10.0 Å². The van der Waals surface area contributed by atoms with E-state index in [2.05, 4.69) is 36.3 Å². The molecule has 0 bridgehead atoms. The summed E-state index contributed by atoms with van der Waals surface area (Å²) in [5, 5.41) is 4.54. The second kappa shape index (κ2) is 3.04. The lowest BCUT2D eigenvalue weighted by molar-refractivity contribution is 0.0347. The summed E-state index contributed by atoms with van der Waals surface area (Å²) in [4.78, 5) is 0. The summed E-state index contributed by atoms with van der Waals surface area (Å²) in [6.07, 6.45) is 7.24. The smallest absolute Gasteiger partial charge is 0.0380 e. The van der Waals surface area contributed by atoms with E-state index >= 15 is 0 Å². The third-order valence-electron chi connectivity index (χ3n) is 2.74. The summed E-state index contributed by atoms with van der Waals surface area (Å²) < 4.78 is 0. The van der Waals surface area contributed by atoms with Gasteiger partial charge in [-0.05, 0) is 24.0 Å². The van der Waals surface area contributed by atoms with Crippen LogP contribution in [0.5, 0.6) is 0 Å². The molecule has 2 heteroatoms.